The molecule has 0 bridgehead atoms. The van der Waals surface area contributed by atoms with Crippen LogP contribution in [-0.2, 0) is 17.4 Å². The molecule has 1 unspecified atom stereocenters. The van der Waals surface area contributed by atoms with Crippen molar-refractivity contribution in [1.29, 1.82) is 0 Å². The van der Waals surface area contributed by atoms with Gasteiger partial charge in [-0.15, -0.1) is 0 Å². The smallest absolute Gasteiger partial charge is 0.435 e. The number of hydrogen-bond acceptors (Lipinski definition) is 4. The molecule has 2 heterocycles. The van der Waals surface area contributed by atoms with Gasteiger partial charge < -0.3 is 14.4 Å². The third-order valence-electron chi connectivity index (χ3n) is 4.83. The minimum Gasteiger partial charge on any atom is -0.493 e. The van der Waals surface area contributed by atoms with Gasteiger partial charge in [0.05, 0.1) is 26.7 Å². The number of carbonyl (C=O) groups excluding carboxylic acids is 1. The van der Waals surface area contributed by atoms with Gasteiger partial charge in [-0.3, -0.25) is 9.48 Å². The van der Waals surface area contributed by atoms with Crippen LogP contribution in [0.25, 0.3) is 0 Å². The lowest BCUT2D eigenvalue weighted by Gasteiger charge is -2.33. The molecule has 0 saturated carbocycles. The molecule has 1 amide bonds. The van der Waals surface area contributed by atoms with E-state index in [0.29, 0.717) is 37.4 Å². The molecule has 152 valence electrons. The summed E-state index contributed by atoms with van der Waals surface area (Å²) < 4.78 is 50.1. The van der Waals surface area contributed by atoms with Crippen LogP contribution in [0.1, 0.15) is 30.1 Å². The van der Waals surface area contributed by atoms with E-state index in [1.54, 1.807) is 23.1 Å². The first kappa shape index (κ1) is 20.0. The summed E-state index contributed by atoms with van der Waals surface area (Å²) in [6.45, 7) is 0.918. The fourth-order valence-electron chi connectivity index (χ4n) is 3.37. The average Bonchev–Trinajstić information content (AvgIpc) is 3.19. The summed E-state index contributed by atoms with van der Waals surface area (Å²) in [6, 6.07) is 5.98. The molecule has 1 fully saturated rings. The third-order valence-corrected chi connectivity index (χ3v) is 4.83. The number of benzene rings is 1. The number of halogens is 3. The summed E-state index contributed by atoms with van der Waals surface area (Å²) >= 11 is 0. The molecule has 6 nitrogen and oxygen atoms in total. The third kappa shape index (κ3) is 4.40. The highest BCUT2D eigenvalue weighted by atomic mass is 19.4. The van der Waals surface area contributed by atoms with Crippen LogP contribution in [0.2, 0.25) is 0 Å². The number of ether oxygens (including phenoxy) is 2. The van der Waals surface area contributed by atoms with E-state index in [0.717, 1.165) is 11.6 Å². The summed E-state index contributed by atoms with van der Waals surface area (Å²) in [4.78, 5) is 14.4. The maximum atomic E-state index is 12.8. The zero-order chi connectivity index (χ0) is 20.3. The van der Waals surface area contributed by atoms with Gasteiger partial charge in [0.15, 0.2) is 17.2 Å². The lowest BCUT2D eigenvalue weighted by atomic mass is 10.0. The zero-order valence-electron chi connectivity index (χ0n) is 15.7. The van der Waals surface area contributed by atoms with E-state index in [9.17, 15) is 18.0 Å². The molecule has 28 heavy (non-hydrogen) atoms. The van der Waals surface area contributed by atoms with Crippen LogP contribution in [0.15, 0.2) is 30.5 Å². The van der Waals surface area contributed by atoms with E-state index in [4.69, 9.17) is 9.47 Å². The summed E-state index contributed by atoms with van der Waals surface area (Å²) in [5, 5.41) is 3.65. The van der Waals surface area contributed by atoms with Crippen molar-refractivity contribution < 1.29 is 27.4 Å². The Labute approximate surface area is 160 Å². The Bertz CT molecular complexity index is 835. The van der Waals surface area contributed by atoms with E-state index in [2.05, 4.69) is 5.10 Å². The first-order chi connectivity index (χ1) is 13.3. The Morgan fingerprint density at radius 3 is 2.61 bits per heavy atom. The van der Waals surface area contributed by atoms with Crippen molar-refractivity contribution in [1.82, 2.24) is 14.7 Å². The van der Waals surface area contributed by atoms with Crippen LogP contribution >= 0.6 is 0 Å². The van der Waals surface area contributed by atoms with Crippen molar-refractivity contribution in [2.45, 2.75) is 31.5 Å². The molecule has 2 aromatic rings. The SMILES string of the molecule is COc1ccc(CC(=O)N2CCCC(n3ccc(C(F)(F)F)n3)C2)cc1OC. The Hall–Kier alpha value is -2.71. The van der Waals surface area contributed by atoms with Gasteiger partial charge in [-0.1, -0.05) is 6.07 Å². The number of nitrogens with zero attached hydrogens (tertiary/aromatic N) is 3. The number of hydrogen-bond donors (Lipinski definition) is 0. The van der Waals surface area contributed by atoms with Crippen molar-refractivity contribution in [3.05, 3.63) is 41.7 Å². The normalized spacial score (nSPS) is 17.5. The van der Waals surface area contributed by atoms with E-state index < -0.39 is 11.9 Å². The van der Waals surface area contributed by atoms with Gasteiger partial charge >= 0.3 is 6.18 Å². The first-order valence-electron chi connectivity index (χ1n) is 8.93. The number of alkyl halides is 3. The van der Waals surface area contributed by atoms with E-state index >= 15 is 0 Å². The summed E-state index contributed by atoms with van der Waals surface area (Å²) in [7, 11) is 3.06. The van der Waals surface area contributed by atoms with Crippen LogP contribution in [0.4, 0.5) is 13.2 Å². The van der Waals surface area contributed by atoms with Crippen molar-refractivity contribution in [3.8, 4) is 11.5 Å². The highest BCUT2D eigenvalue weighted by Crippen LogP contribution is 2.30. The van der Waals surface area contributed by atoms with Crippen LogP contribution in [0.3, 0.4) is 0 Å². The predicted octanol–water partition coefficient (Wildman–Crippen LogP) is 3.33. The lowest BCUT2D eigenvalue weighted by molar-refractivity contribution is -0.142. The molecule has 1 saturated heterocycles. The van der Waals surface area contributed by atoms with E-state index in [1.165, 1.54) is 25.1 Å². The standard InChI is InChI=1S/C19H22F3N3O3/c1-27-15-6-5-13(10-16(15)28-2)11-18(26)24-8-3-4-14(12-24)25-9-7-17(23-25)19(20,21)22/h5-7,9-10,14H,3-4,8,11-12H2,1-2H3. The fraction of sp³-hybridized carbons (Fsp3) is 0.474. The van der Waals surface area contributed by atoms with Gasteiger partial charge in [0.1, 0.15) is 0 Å². The molecule has 0 N–H and O–H groups in total. The molecule has 1 aliphatic heterocycles. The number of likely N-dealkylation sites (tertiary alicyclic amines) is 1. The van der Waals surface area contributed by atoms with Gasteiger partial charge in [0.2, 0.25) is 5.91 Å². The molecule has 1 aromatic heterocycles. The molecule has 0 radical (unpaired) electrons. The second-order valence-corrected chi connectivity index (χ2v) is 6.68. The van der Waals surface area contributed by atoms with Crippen molar-refractivity contribution in [2.75, 3.05) is 27.3 Å². The van der Waals surface area contributed by atoms with Gasteiger partial charge in [-0.05, 0) is 36.6 Å². The maximum Gasteiger partial charge on any atom is 0.435 e. The average molecular weight is 397 g/mol. The number of carbonyl (C=O) groups is 1. The number of amides is 1. The number of piperidine rings is 1. The van der Waals surface area contributed by atoms with E-state index in [-0.39, 0.29) is 18.4 Å². The monoisotopic (exact) mass is 397 g/mol. The molecule has 1 aliphatic rings. The summed E-state index contributed by atoms with van der Waals surface area (Å²) in [5.41, 5.74) is -0.135. The van der Waals surface area contributed by atoms with Gasteiger partial charge in [-0.2, -0.15) is 18.3 Å². The molecule has 0 spiro atoms. The first-order valence-corrected chi connectivity index (χ1v) is 8.93. The number of methoxy groups -OCH3 is 2. The van der Waals surface area contributed by atoms with Crippen molar-refractivity contribution in [3.63, 3.8) is 0 Å². The Morgan fingerprint density at radius 2 is 1.96 bits per heavy atom. The van der Waals surface area contributed by atoms with Crippen molar-refractivity contribution >= 4 is 5.91 Å². The summed E-state index contributed by atoms with van der Waals surface area (Å²) in [5.74, 6) is 1.04. The largest absolute Gasteiger partial charge is 0.493 e. The quantitative estimate of drug-likeness (QED) is 0.777. The summed E-state index contributed by atoms with van der Waals surface area (Å²) in [6.07, 6.45) is -1.57. The molecule has 9 heteroatoms. The minimum atomic E-state index is -4.47. The highest BCUT2D eigenvalue weighted by molar-refractivity contribution is 5.79. The second-order valence-electron chi connectivity index (χ2n) is 6.68. The molecule has 3 rings (SSSR count). The second kappa shape index (κ2) is 8.12. The van der Waals surface area contributed by atoms with Gasteiger partial charge in [-0.25, -0.2) is 0 Å². The molecule has 1 atom stereocenters. The molecular formula is C19H22F3N3O3. The predicted molar refractivity (Wildman–Crippen MR) is 95.3 cm³/mol. The minimum absolute atomic E-state index is 0.0832. The topological polar surface area (TPSA) is 56.6 Å². The Kier molecular flexibility index (Phi) is 5.81. The van der Waals surface area contributed by atoms with Crippen LogP contribution in [0, 0.1) is 0 Å². The Morgan fingerprint density at radius 1 is 1.21 bits per heavy atom. The molecule has 1 aromatic carbocycles. The van der Waals surface area contributed by atoms with Crippen LogP contribution < -0.4 is 9.47 Å². The Balaban J connectivity index is 1.67. The molecular weight excluding hydrogens is 375 g/mol. The number of rotatable bonds is 5. The highest BCUT2D eigenvalue weighted by Gasteiger charge is 2.34. The van der Waals surface area contributed by atoms with E-state index in [1.807, 2.05) is 0 Å². The van der Waals surface area contributed by atoms with Gasteiger partial charge in [0, 0.05) is 19.3 Å². The fourth-order valence-corrected chi connectivity index (χ4v) is 3.37. The van der Waals surface area contributed by atoms with Gasteiger partial charge in [0.25, 0.3) is 0 Å². The zero-order valence-corrected chi connectivity index (χ0v) is 15.7. The molecule has 0 aliphatic carbocycles. The maximum absolute atomic E-state index is 12.8. The number of aromatic nitrogens is 2. The van der Waals surface area contributed by atoms with Crippen molar-refractivity contribution in [2.24, 2.45) is 0 Å². The lowest BCUT2D eigenvalue weighted by Crippen LogP contribution is -2.41. The van der Waals surface area contributed by atoms with Crippen LogP contribution in [0.5, 0.6) is 11.5 Å². The van der Waals surface area contributed by atoms with Crippen LogP contribution in [-0.4, -0.2) is 47.9 Å².